The average molecular weight is 363 g/mol. The molecule has 0 unspecified atom stereocenters. The van der Waals surface area contributed by atoms with Gasteiger partial charge in [0.1, 0.15) is 5.75 Å². The summed E-state index contributed by atoms with van der Waals surface area (Å²) in [4.78, 5) is 16.4. The lowest BCUT2D eigenvalue weighted by atomic mass is 10.1. The summed E-state index contributed by atoms with van der Waals surface area (Å²) >= 11 is 0. The fourth-order valence-electron chi connectivity index (χ4n) is 2.75. The predicted molar refractivity (Wildman–Crippen MR) is 106 cm³/mol. The lowest BCUT2D eigenvalue weighted by Crippen LogP contribution is -2.22. The summed E-state index contributed by atoms with van der Waals surface area (Å²) in [6, 6.07) is 15.5. The third-order valence-electron chi connectivity index (χ3n) is 4.25. The topological polar surface area (TPSA) is 56.1 Å². The van der Waals surface area contributed by atoms with Gasteiger partial charge >= 0.3 is 0 Å². The monoisotopic (exact) mass is 363 g/mol. The van der Waals surface area contributed by atoms with E-state index in [4.69, 9.17) is 4.74 Å². The molecular formula is C22H25N3O2. The van der Waals surface area contributed by atoms with Crippen molar-refractivity contribution in [3.05, 3.63) is 83.9 Å². The van der Waals surface area contributed by atoms with Crippen molar-refractivity contribution < 1.29 is 9.53 Å². The minimum absolute atomic E-state index is 0.0879. The molecule has 0 atom stereocenters. The molecule has 0 aliphatic carbocycles. The lowest BCUT2D eigenvalue weighted by molar-refractivity contribution is 0.0951. The first-order valence-corrected chi connectivity index (χ1v) is 9.29. The van der Waals surface area contributed by atoms with Gasteiger partial charge in [0, 0.05) is 31.0 Å². The van der Waals surface area contributed by atoms with Crippen LogP contribution in [0.25, 0.3) is 0 Å². The predicted octanol–water partition coefficient (Wildman–Crippen LogP) is 4.04. The smallest absolute Gasteiger partial charge is 0.251 e. The zero-order chi connectivity index (χ0) is 18.9. The summed E-state index contributed by atoms with van der Waals surface area (Å²) in [5.74, 6) is 0.710. The van der Waals surface area contributed by atoms with Crippen LogP contribution in [0.15, 0.2) is 67.3 Å². The second kappa shape index (κ2) is 9.57. The van der Waals surface area contributed by atoms with Crippen LogP contribution >= 0.6 is 0 Å². The molecule has 0 saturated carbocycles. The van der Waals surface area contributed by atoms with Crippen molar-refractivity contribution in [3.63, 3.8) is 0 Å². The molecule has 3 rings (SSSR count). The molecule has 1 aromatic heterocycles. The summed E-state index contributed by atoms with van der Waals surface area (Å²) < 4.78 is 7.64. The van der Waals surface area contributed by atoms with Crippen molar-refractivity contribution in [2.75, 3.05) is 6.61 Å². The van der Waals surface area contributed by atoms with Crippen molar-refractivity contribution in [1.82, 2.24) is 14.9 Å². The molecule has 27 heavy (non-hydrogen) atoms. The van der Waals surface area contributed by atoms with Crippen LogP contribution < -0.4 is 10.1 Å². The first-order chi connectivity index (χ1) is 13.2. The van der Waals surface area contributed by atoms with E-state index in [1.165, 1.54) is 5.56 Å². The van der Waals surface area contributed by atoms with Gasteiger partial charge in [-0.2, -0.15) is 0 Å². The molecule has 5 nitrogen and oxygen atoms in total. The van der Waals surface area contributed by atoms with Crippen LogP contribution in [0.3, 0.4) is 0 Å². The van der Waals surface area contributed by atoms with Crippen molar-refractivity contribution in [1.29, 1.82) is 0 Å². The SMILES string of the molecule is CCCCOc1ccc(C(=O)NCc2cccc(Cn3ccnc3)c2)cc1. The highest BCUT2D eigenvalue weighted by molar-refractivity contribution is 5.94. The summed E-state index contributed by atoms with van der Waals surface area (Å²) in [6.07, 6.45) is 7.63. The van der Waals surface area contributed by atoms with Gasteiger partial charge in [0.25, 0.3) is 5.91 Å². The number of hydrogen-bond acceptors (Lipinski definition) is 3. The van der Waals surface area contributed by atoms with Crippen LogP contribution in [0.5, 0.6) is 5.75 Å². The Balaban J connectivity index is 1.52. The third-order valence-corrected chi connectivity index (χ3v) is 4.25. The van der Waals surface area contributed by atoms with Gasteiger partial charge in [-0.15, -0.1) is 0 Å². The van der Waals surface area contributed by atoms with E-state index in [2.05, 4.69) is 29.4 Å². The van der Waals surface area contributed by atoms with E-state index in [1.807, 2.05) is 35.0 Å². The normalized spacial score (nSPS) is 10.6. The molecule has 0 spiro atoms. The molecule has 1 amide bonds. The van der Waals surface area contributed by atoms with Gasteiger partial charge < -0.3 is 14.6 Å². The van der Waals surface area contributed by atoms with E-state index < -0.39 is 0 Å². The van der Waals surface area contributed by atoms with E-state index in [0.717, 1.165) is 30.7 Å². The Bertz CT molecular complexity index is 842. The van der Waals surface area contributed by atoms with Gasteiger partial charge in [-0.1, -0.05) is 37.6 Å². The molecule has 1 heterocycles. The van der Waals surface area contributed by atoms with Gasteiger partial charge in [-0.25, -0.2) is 4.98 Å². The molecule has 140 valence electrons. The minimum atomic E-state index is -0.0879. The summed E-state index contributed by atoms with van der Waals surface area (Å²) in [5.41, 5.74) is 2.88. The number of ether oxygens (including phenoxy) is 1. The Morgan fingerprint density at radius 1 is 1.15 bits per heavy atom. The maximum absolute atomic E-state index is 12.4. The van der Waals surface area contributed by atoms with Crippen LogP contribution in [0.2, 0.25) is 0 Å². The molecule has 0 aliphatic rings. The van der Waals surface area contributed by atoms with Crippen LogP contribution in [0.4, 0.5) is 0 Å². The quantitative estimate of drug-likeness (QED) is 0.584. The lowest BCUT2D eigenvalue weighted by Gasteiger charge is -2.09. The number of carbonyl (C=O) groups is 1. The summed E-state index contributed by atoms with van der Waals surface area (Å²) in [7, 11) is 0. The molecule has 0 bridgehead atoms. The molecule has 0 fully saturated rings. The number of unbranched alkanes of at least 4 members (excludes halogenated alkanes) is 1. The number of nitrogens with one attached hydrogen (secondary N) is 1. The molecule has 0 saturated heterocycles. The fraction of sp³-hybridized carbons (Fsp3) is 0.273. The second-order valence-electron chi connectivity index (χ2n) is 6.46. The first-order valence-electron chi connectivity index (χ1n) is 9.29. The number of imidazole rings is 1. The number of hydrogen-bond donors (Lipinski definition) is 1. The maximum Gasteiger partial charge on any atom is 0.251 e. The van der Waals surface area contributed by atoms with Gasteiger partial charge in [0.15, 0.2) is 0 Å². The molecule has 3 aromatic rings. The van der Waals surface area contributed by atoms with E-state index >= 15 is 0 Å². The highest BCUT2D eigenvalue weighted by Gasteiger charge is 2.06. The Morgan fingerprint density at radius 2 is 1.96 bits per heavy atom. The second-order valence-corrected chi connectivity index (χ2v) is 6.46. The van der Waals surface area contributed by atoms with Crippen molar-refractivity contribution in [3.8, 4) is 5.75 Å². The molecule has 0 radical (unpaired) electrons. The number of carbonyl (C=O) groups excluding carboxylic acids is 1. The van der Waals surface area contributed by atoms with E-state index in [-0.39, 0.29) is 5.91 Å². The molecule has 5 heteroatoms. The van der Waals surface area contributed by atoms with Crippen LogP contribution in [-0.4, -0.2) is 22.1 Å². The number of rotatable bonds is 9. The van der Waals surface area contributed by atoms with E-state index in [1.54, 1.807) is 24.7 Å². The average Bonchev–Trinajstić information content (AvgIpc) is 3.20. The number of nitrogens with zero attached hydrogens (tertiary/aromatic N) is 2. The molecular weight excluding hydrogens is 338 g/mol. The number of amides is 1. The molecule has 2 aromatic carbocycles. The largest absolute Gasteiger partial charge is 0.494 e. The van der Waals surface area contributed by atoms with Crippen molar-refractivity contribution >= 4 is 5.91 Å². The zero-order valence-corrected chi connectivity index (χ0v) is 15.6. The Hall–Kier alpha value is -3.08. The van der Waals surface area contributed by atoms with Crippen molar-refractivity contribution in [2.45, 2.75) is 32.9 Å². The van der Waals surface area contributed by atoms with Crippen LogP contribution in [0.1, 0.15) is 41.3 Å². The van der Waals surface area contributed by atoms with Gasteiger partial charge in [-0.05, 0) is 41.8 Å². The molecule has 0 aliphatic heterocycles. The summed E-state index contributed by atoms with van der Waals surface area (Å²) in [5, 5.41) is 2.97. The Morgan fingerprint density at radius 3 is 2.70 bits per heavy atom. The highest BCUT2D eigenvalue weighted by atomic mass is 16.5. The van der Waals surface area contributed by atoms with Crippen LogP contribution in [0, 0.1) is 0 Å². The van der Waals surface area contributed by atoms with Crippen molar-refractivity contribution in [2.24, 2.45) is 0 Å². The van der Waals surface area contributed by atoms with Crippen LogP contribution in [-0.2, 0) is 13.1 Å². The van der Waals surface area contributed by atoms with E-state index in [9.17, 15) is 4.79 Å². The Kier molecular flexibility index (Phi) is 6.63. The standard InChI is InChI=1S/C22H25N3O2/c1-2-3-13-27-21-9-7-20(8-10-21)22(26)24-15-18-5-4-6-19(14-18)16-25-12-11-23-17-25/h4-12,14,17H,2-3,13,15-16H2,1H3,(H,24,26). The van der Waals surface area contributed by atoms with E-state index in [0.29, 0.717) is 18.7 Å². The molecule has 1 N–H and O–H groups in total. The van der Waals surface area contributed by atoms with Gasteiger partial charge in [0.05, 0.1) is 12.9 Å². The number of aromatic nitrogens is 2. The third kappa shape index (κ3) is 5.71. The number of benzene rings is 2. The summed E-state index contributed by atoms with van der Waals surface area (Å²) in [6.45, 7) is 4.09. The zero-order valence-electron chi connectivity index (χ0n) is 15.6. The Labute approximate surface area is 160 Å². The van der Waals surface area contributed by atoms with Gasteiger partial charge in [0.2, 0.25) is 0 Å². The first kappa shape index (κ1) is 18.7. The minimum Gasteiger partial charge on any atom is -0.494 e. The highest BCUT2D eigenvalue weighted by Crippen LogP contribution is 2.13. The maximum atomic E-state index is 12.4. The van der Waals surface area contributed by atoms with Gasteiger partial charge in [-0.3, -0.25) is 4.79 Å². The fourth-order valence-corrected chi connectivity index (χ4v) is 2.75.